The van der Waals surface area contributed by atoms with Gasteiger partial charge in [0.25, 0.3) is 0 Å². The van der Waals surface area contributed by atoms with Crippen molar-refractivity contribution in [2.24, 2.45) is 12.8 Å². The number of carboxylic acid groups (broad SMARTS) is 1. The van der Waals surface area contributed by atoms with Crippen LogP contribution in [-0.4, -0.2) is 45.9 Å². The quantitative estimate of drug-likeness (QED) is 0.707. The zero-order chi connectivity index (χ0) is 12.1. The lowest BCUT2D eigenvalue weighted by Gasteiger charge is -2.16. The van der Waals surface area contributed by atoms with E-state index in [4.69, 9.17) is 10.8 Å². The number of carbonyl (C=O) groups is 1. The highest BCUT2D eigenvalue weighted by atomic mass is 16.4. The maximum Gasteiger partial charge on any atom is 0.339 e. The highest BCUT2D eigenvalue weighted by molar-refractivity contribution is 5.88. The molecule has 0 saturated carbocycles. The van der Waals surface area contributed by atoms with Crippen molar-refractivity contribution >= 4 is 5.97 Å². The number of hydrogen-bond acceptors (Lipinski definition) is 4. The molecule has 0 aromatic carbocycles. The average Bonchev–Trinajstić information content (AvgIpc) is 2.58. The third kappa shape index (κ3) is 3.04. The lowest BCUT2D eigenvalue weighted by molar-refractivity contribution is 0.0694. The minimum Gasteiger partial charge on any atom is -0.478 e. The number of aromatic nitrogens is 2. The molecular formula is C10H18N4O2. The molecule has 0 aliphatic carbocycles. The summed E-state index contributed by atoms with van der Waals surface area (Å²) in [7, 11) is 3.69. The van der Waals surface area contributed by atoms with E-state index in [2.05, 4.69) is 5.10 Å². The number of rotatable bonds is 6. The molecule has 90 valence electrons. The van der Waals surface area contributed by atoms with E-state index in [0.29, 0.717) is 18.8 Å². The molecule has 1 aromatic rings. The van der Waals surface area contributed by atoms with Gasteiger partial charge in [0, 0.05) is 13.6 Å². The number of aryl methyl sites for hydroxylation is 1. The van der Waals surface area contributed by atoms with Gasteiger partial charge in [0.1, 0.15) is 5.56 Å². The van der Waals surface area contributed by atoms with Crippen LogP contribution in [0.25, 0.3) is 0 Å². The van der Waals surface area contributed by atoms with Crippen molar-refractivity contribution in [3.8, 4) is 0 Å². The van der Waals surface area contributed by atoms with E-state index in [1.165, 1.54) is 6.20 Å². The maximum atomic E-state index is 10.9. The fraction of sp³-hybridized carbons (Fsp3) is 0.600. The van der Waals surface area contributed by atoms with E-state index >= 15 is 0 Å². The molecule has 0 aliphatic heterocycles. The maximum absolute atomic E-state index is 10.9. The second-order valence-electron chi connectivity index (χ2n) is 3.81. The number of aromatic carboxylic acids is 1. The van der Waals surface area contributed by atoms with Crippen LogP contribution < -0.4 is 5.73 Å². The van der Waals surface area contributed by atoms with Crippen molar-refractivity contribution < 1.29 is 9.90 Å². The summed E-state index contributed by atoms with van der Waals surface area (Å²) in [5.74, 6) is -0.935. The summed E-state index contributed by atoms with van der Waals surface area (Å²) in [6.07, 6.45) is 2.28. The van der Waals surface area contributed by atoms with Gasteiger partial charge in [-0.25, -0.2) is 4.79 Å². The largest absolute Gasteiger partial charge is 0.478 e. The fourth-order valence-corrected chi connectivity index (χ4v) is 1.52. The summed E-state index contributed by atoms with van der Waals surface area (Å²) in [4.78, 5) is 13.0. The van der Waals surface area contributed by atoms with Crippen LogP contribution in [0.5, 0.6) is 0 Å². The van der Waals surface area contributed by atoms with E-state index in [1.807, 2.05) is 11.9 Å². The summed E-state index contributed by atoms with van der Waals surface area (Å²) in [6.45, 7) is 2.06. The van der Waals surface area contributed by atoms with Crippen molar-refractivity contribution in [1.29, 1.82) is 0 Å². The molecule has 16 heavy (non-hydrogen) atoms. The first-order valence-corrected chi connectivity index (χ1v) is 5.19. The van der Waals surface area contributed by atoms with Gasteiger partial charge in [0.05, 0.1) is 11.9 Å². The van der Waals surface area contributed by atoms with E-state index in [9.17, 15) is 4.79 Å². The number of nitrogens with zero attached hydrogens (tertiary/aromatic N) is 3. The normalized spacial score (nSPS) is 11.0. The standard InChI is InChI=1S/C10H18N4O2/c1-13(5-3-4-11)7-9-8(10(15)16)6-12-14(9)2/h6H,3-5,7,11H2,1-2H3,(H,15,16). The molecule has 6 heteroatoms. The zero-order valence-corrected chi connectivity index (χ0v) is 9.68. The van der Waals surface area contributed by atoms with Crippen molar-refractivity contribution in [3.63, 3.8) is 0 Å². The zero-order valence-electron chi connectivity index (χ0n) is 9.68. The Hall–Kier alpha value is -1.40. The Bertz CT molecular complexity index is 362. The molecule has 0 saturated heterocycles. The number of hydrogen-bond donors (Lipinski definition) is 2. The van der Waals surface area contributed by atoms with Crippen LogP contribution in [0.2, 0.25) is 0 Å². The molecule has 0 aliphatic rings. The van der Waals surface area contributed by atoms with E-state index in [1.54, 1.807) is 11.7 Å². The van der Waals surface area contributed by atoms with E-state index in [-0.39, 0.29) is 5.56 Å². The smallest absolute Gasteiger partial charge is 0.339 e. The average molecular weight is 226 g/mol. The molecule has 3 N–H and O–H groups in total. The van der Waals surface area contributed by atoms with Gasteiger partial charge in [0.15, 0.2) is 0 Å². The van der Waals surface area contributed by atoms with Crippen LogP contribution in [0.4, 0.5) is 0 Å². The molecular weight excluding hydrogens is 208 g/mol. The summed E-state index contributed by atoms with van der Waals surface area (Å²) in [5.41, 5.74) is 6.40. The van der Waals surface area contributed by atoms with Crippen LogP contribution >= 0.6 is 0 Å². The van der Waals surface area contributed by atoms with E-state index < -0.39 is 5.97 Å². The van der Waals surface area contributed by atoms with Crippen LogP contribution in [-0.2, 0) is 13.6 Å². The molecule has 0 atom stereocenters. The summed E-state index contributed by atoms with van der Waals surface area (Å²) >= 11 is 0. The van der Waals surface area contributed by atoms with Gasteiger partial charge in [0.2, 0.25) is 0 Å². The van der Waals surface area contributed by atoms with Gasteiger partial charge in [-0.15, -0.1) is 0 Å². The highest BCUT2D eigenvalue weighted by Crippen LogP contribution is 2.10. The predicted octanol–water partition coefficient (Wildman–Crippen LogP) is -0.101. The van der Waals surface area contributed by atoms with Crippen LogP contribution in [0.1, 0.15) is 22.5 Å². The third-order valence-electron chi connectivity index (χ3n) is 2.46. The minimum atomic E-state index is -0.935. The van der Waals surface area contributed by atoms with Crippen LogP contribution in [0.3, 0.4) is 0 Å². The van der Waals surface area contributed by atoms with Crippen molar-refractivity contribution in [1.82, 2.24) is 14.7 Å². The molecule has 6 nitrogen and oxygen atoms in total. The van der Waals surface area contributed by atoms with Gasteiger partial charge >= 0.3 is 5.97 Å². The molecule has 1 heterocycles. The fourth-order valence-electron chi connectivity index (χ4n) is 1.52. The highest BCUT2D eigenvalue weighted by Gasteiger charge is 2.15. The Kier molecular flexibility index (Phi) is 4.45. The Morgan fingerprint density at radius 2 is 2.38 bits per heavy atom. The molecule has 1 rings (SSSR count). The molecule has 0 bridgehead atoms. The number of carboxylic acids is 1. The van der Waals surface area contributed by atoms with Gasteiger partial charge in [-0.2, -0.15) is 5.10 Å². The lowest BCUT2D eigenvalue weighted by atomic mass is 10.2. The molecule has 0 unspecified atom stereocenters. The topological polar surface area (TPSA) is 84.4 Å². The monoisotopic (exact) mass is 226 g/mol. The van der Waals surface area contributed by atoms with Gasteiger partial charge < -0.3 is 15.7 Å². The summed E-state index contributed by atoms with van der Waals surface area (Å²) in [6, 6.07) is 0. The molecule has 0 spiro atoms. The Labute approximate surface area is 94.6 Å². The summed E-state index contributed by atoms with van der Waals surface area (Å²) in [5, 5.41) is 12.9. The van der Waals surface area contributed by atoms with E-state index in [0.717, 1.165) is 13.0 Å². The van der Waals surface area contributed by atoms with Crippen molar-refractivity contribution in [2.75, 3.05) is 20.1 Å². The van der Waals surface area contributed by atoms with Gasteiger partial charge in [-0.1, -0.05) is 0 Å². The first-order valence-electron chi connectivity index (χ1n) is 5.19. The third-order valence-corrected chi connectivity index (χ3v) is 2.46. The molecule has 0 fully saturated rings. The molecule has 1 aromatic heterocycles. The number of nitrogens with two attached hydrogens (primary N) is 1. The minimum absolute atomic E-state index is 0.266. The van der Waals surface area contributed by atoms with Crippen LogP contribution in [0.15, 0.2) is 6.20 Å². The van der Waals surface area contributed by atoms with Gasteiger partial charge in [-0.05, 0) is 26.6 Å². The van der Waals surface area contributed by atoms with Crippen molar-refractivity contribution in [2.45, 2.75) is 13.0 Å². The first-order chi connectivity index (χ1) is 7.56. The van der Waals surface area contributed by atoms with Crippen LogP contribution in [0, 0.1) is 0 Å². The SMILES string of the molecule is CN(CCCN)Cc1c(C(=O)O)cnn1C. The second kappa shape index (κ2) is 5.62. The molecule has 0 amide bonds. The second-order valence-corrected chi connectivity index (χ2v) is 3.81. The summed E-state index contributed by atoms with van der Waals surface area (Å²) < 4.78 is 1.60. The Morgan fingerprint density at radius 3 is 2.94 bits per heavy atom. The Morgan fingerprint density at radius 1 is 1.69 bits per heavy atom. The van der Waals surface area contributed by atoms with Crippen molar-refractivity contribution in [3.05, 3.63) is 17.5 Å². The Balaban J connectivity index is 2.71. The first kappa shape index (κ1) is 12.7. The molecule has 0 radical (unpaired) electrons. The lowest BCUT2D eigenvalue weighted by Crippen LogP contribution is -2.23. The van der Waals surface area contributed by atoms with Gasteiger partial charge in [-0.3, -0.25) is 4.68 Å². The predicted molar refractivity (Wildman–Crippen MR) is 60.2 cm³/mol.